The number of para-hydroxylation sites is 1. The van der Waals surface area contributed by atoms with E-state index in [1.54, 1.807) is 0 Å². The molecule has 0 amide bonds. The van der Waals surface area contributed by atoms with Crippen LogP contribution in [-0.4, -0.2) is 23.6 Å². The average molecular weight is 270 g/mol. The zero-order valence-electron chi connectivity index (χ0n) is 12.1. The number of aliphatic hydroxyl groups excluding tert-OH is 1. The summed E-state index contributed by atoms with van der Waals surface area (Å²) in [7, 11) is 2.00. The Kier molecular flexibility index (Phi) is 4.77. The van der Waals surface area contributed by atoms with E-state index in [9.17, 15) is 5.11 Å². The lowest BCUT2D eigenvalue weighted by molar-refractivity contribution is 0.124. The minimum atomic E-state index is -0.564. The van der Waals surface area contributed by atoms with Gasteiger partial charge in [-0.1, -0.05) is 48.0 Å². The van der Waals surface area contributed by atoms with Crippen LogP contribution in [0.2, 0.25) is 0 Å². The number of aliphatic hydroxyl groups is 1. The number of hydrogen-bond acceptors (Lipinski definition) is 3. The van der Waals surface area contributed by atoms with Crippen molar-refractivity contribution in [3.05, 3.63) is 65.2 Å². The molecule has 2 aromatic carbocycles. The predicted molar refractivity (Wildman–Crippen MR) is 83.3 cm³/mol. The lowest BCUT2D eigenvalue weighted by Crippen LogP contribution is -2.24. The largest absolute Gasteiger partial charge is 0.398 e. The normalized spacial score (nSPS) is 12.6. The molecule has 0 aromatic heterocycles. The first kappa shape index (κ1) is 14.6. The molecular weight excluding hydrogens is 248 g/mol. The zero-order chi connectivity index (χ0) is 14.5. The highest BCUT2D eigenvalue weighted by molar-refractivity contribution is 5.47. The van der Waals surface area contributed by atoms with Crippen molar-refractivity contribution in [3.63, 3.8) is 0 Å². The lowest BCUT2D eigenvalue weighted by Gasteiger charge is -2.22. The minimum absolute atomic E-state index is 0.558. The van der Waals surface area contributed by atoms with Gasteiger partial charge in [0, 0.05) is 24.3 Å². The van der Waals surface area contributed by atoms with E-state index in [2.05, 4.69) is 36.1 Å². The molecule has 106 valence electrons. The number of rotatable bonds is 5. The van der Waals surface area contributed by atoms with E-state index in [0.717, 1.165) is 12.1 Å². The molecule has 0 spiro atoms. The van der Waals surface area contributed by atoms with Crippen LogP contribution in [0.5, 0.6) is 0 Å². The molecule has 0 bridgehead atoms. The first-order valence-corrected chi connectivity index (χ1v) is 6.83. The van der Waals surface area contributed by atoms with Crippen LogP contribution < -0.4 is 5.73 Å². The summed E-state index contributed by atoms with van der Waals surface area (Å²) >= 11 is 0. The molecule has 3 heteroatoms. The van der Waals surface area contributed by atoms with Gasteiger partial charge in [0.05, 0.1) is 6.10 Å². The SMILES string of the molecule is Cc1cccc(CN(C)CC(O)c2ccccc2N)c1. The summed E-state index contributed by atoms with van der Waals surface area (Å²) in [4.78, 5) is 2.10. The minimum Gasteiger partial charge on any atom is -0.398 e. The molecule has 0 radical (unpaired) electrons. The van der Waals surface area contributed by atoms with Crippen LogP contribution in [0.1, 0.15) is 22.8 Å². The van der Waals surface area contributed by atoms with E-state index in [1.165, 1.54) is 11.1 Å². The fraction of sp³-hybridized carbons (Fsp3) is 0.294. The van der Waals surface area contributed by atoms with Gasteiger partial charge in [-0.2, -0.15) is 0 Å². The van der Waals surface area contributed by atoms with Gasteiger partial charge in [-0.25, -0.2) is 0 Å². The molecule has 3 nitrogen and oxygen atoms in total. The summed E-state index contributed by atoms with van der Waals surface area (Å²) in [5, 5.41) is 10.3. The monoisotopic (exact) mass is 270 g/mol. The van der Waals surface area contributed by atoms with E-state index < -0.39 is 6.10 Å². The second-order valence-electron chi connectivity index (χ2n) is 5.33. The molecule has 1 atom stereocenters. The van der Waals surface area contributed by atoms with E-state index in [0.29, 0.717) is 12.2 Å². The van der Waals surface area contributed by atoms with Crippen LogP contribution in [0.4, 0.5) is 5.69 Å². The molecule has 2 rings (SSSR count). The molecule has 3 N–H and O–H groups in total. The number of aryl methyl sites for hydroxylation is 1. The van der Waals surface area contributed by atoms with Crippen molar-refractivity contribution in [3.8, 4) is 0 Å². The first-order chi connectivity index (χ1) is 9.56. The quantitative estimate of drug-likeness (QED) is 0.821. The summed E-state index contributed by atoms with van der Waals surface area (Å²) in [6.07, 6.45) is -0.564. The third-order valence-electron chi connectivity index (χ3n) is 3.37. The molecule has 0 fully saturated rings. The lowest BCUT2D eigenvalue weighted by atomic mass is 10.1. The Morgan fingerprint density at radius 3 is 2.60 bits per heavy atom. The third-order valence-corrected chi connectivity index (χ3v) is 3.37. The molecule has 0 heterocycles. The van der Waals surface area contributed by atoms with E-state index in [-0.39, 0.29) is 0 Å². The van der Waals surface area contributed by atoms with Crippen molar-refractivity contribution in [2.75, 3.05) is 19.3 Å². The number of benzene rings is 2. The number of nitrogens with zero attached hydrogens (tertiary/aromatic N) is 1. The Bertz CT molecular complexity index is 568. The molecule has 0 saturated heterocycles. The van der Waals surface area contributed by atoms with Crippen molar-refractivity contribution in [1.82, 2.24) is 4.90 Å². The van der Waals surface area contributed by atoms with Crippen molar-refractivity contribution >= 4 is 5.69 Å². The van der Waals surface area contributed by atoms with Crippen LogP contribution in [-0.2, 0) is 6.54 Å². The van der Waals surface area contributed by atoms with Crippen molar-refractivity contribution < 1.29 is 5.11 Å². The van der Waals surface area contributed by atoms with Crippen molar-refractivity contribution in [2.45, 2.75) is 19.6 Å². The third kappa shape index (κ3) is 3.83. The standard InChI is InChI=1S/C17H22N2O/c1-13-6-5-7-14(10-13)11-19(2)12-17(20)15-8-3-4-9-16(15)18/h3-10,17,20H,11-12,18H2,1-2H3. The molecule has 0 saturated carbocycles. The highest BCUT2D eigenvalue weighted by Crippen LogP contribution is 2.21. The van der Waals surface area contributed by atoms with Crippen LogP contribution >= 0.6 is 0 Å². The number of anilines is 1. The van der Waals surface area contributed by atoms with Gasteiger partial charge in [-0.05, 0) is 25.6 Å². The van der Waals surface area contributed by atoms with Gasteiger partial charge in [-0.15, -0.1) is 0 Å². The fourth-order valence-electron chi connectivity index (χ4n) is 2.39. The van der Waals surface area contributed by atoms with Gasteiger partial charge in [0.1, 0.15) is 0 Å². The van der Waals surface area contributed by atoms with Crippen LogP contribution in [0, 0.1) is 6.92 Å². The maximum atomic E-state index is 10.3. The smallest absolute Gasteiger partial charge is 0.0936 e. The molecule has 0 aliphatic rings. The van der Waals surface area contributed by atoms with Crippen molar-refractivity contribution in [1.29, 1.82) is 0 Å². The highest BCUT2D eigenvalue weighted by Gasteiger charge is 2.13. The van der Waals surface area contributed by atoms with Gasteiger partial charge in [0.25, 0.3) is 0 Å². The number of nitrogens with two attached hydrogens (primary N) is 1. The van der Waals surface area contributed by atoms with Crippen LogP contribution in [0.25, 0.3) is 0 Å². The Labute approximate surface area is 120 Å². The fourth-order valence-corrected chi connectivity index (χ4v) is 2.39. The maximum absolute atomic E-state index is 10.3. The molecule has 20 heavy (non-hydrogen) atoms. The number of nitrogen functional groups attached to an aromatic ring is 1. The Hall–Kier alpha value is -1.84. The summed E-state index contributed by atoms with van der Waals surface area (Å²) < 4.78 is 0. The predicted octanol–water partition coefficient (Wildman–Crippen LogP) is 2.74. The average Bonchev–Trinajstić information content (AvgIpc) is 2.38. The van der Waals surface area contributed by atoms with E-state index in [1.807, 2.05) is 31.3 Å². The van der Waals surface area contributed by atoms with Gasteiger partial charge in [0.2, 0.25) is 0 Å². The molecular formula is C17H22N2O. The topological polar surface area (TPSA) is 49.5 Å². The Morgan fingerprint density at radius 2 is 1.90 bits per heavy atom. The van der Waals surface area contributed by atoms with E-state index >= 15 is 0 Å². The second-order valence-corrected chi connectivity index (χ2v) is 5.33. The molecule has 0 aliphatic carbocycles. The Balaban J connectivity index is 1.98. The summed E-state index contributed by atoms with van der Waals surface area (Å²) in [5.41, 5.74) is 9.83. The molecule has 1 unspecified atom stereocenters. The zero-order valence-corrected chi connectivity index (χ0v) is 12.1. The van der Waals surface area contributed by atoms with Gasteiger partial charge >= 0.3 is 0 Å². The van der Waals surface area contributed by atoms with E-state index in [4.69, 9.17) is 5.73 Å². The second kappa shape index (κ2) is 6.55. The van der Waals surface area contributed by atoms with Gasteiger partial charge < -0.3 is 10.8 Å². The van der Waals surface area contributed by atoms with Crippen LogP contribution in [0.3, 0.4) is 0 Å². The summed E-state index contributed by atoms with van der Waals surface area (Å²) in [6, 6.07) is 15.9. The summed E-state index contributed by atoms with van der Waals surface area (Å²) in [5.74, 6) is 0. The highest BCUT2D eigenvalue weighted by atomic mass is 16.3. The molecule has 0 aliphatic heterocycles. The number of hydrogen-bond donors (Lipinski definition) is 2. The summed E-state index contributed by atoms with van der Waals surface area (Å²) in [6.45, 7) is 3.46. The van der Waals surface area contributed by atoms with Crippen molar-refractivity contribution in [2.24, 2.45) is 0 Å². The van der Waals surface area contributed by atoms with Crippen LogP contribution in [0.15, 0.2) is 48.5 Å². The van der Waals surface area contributed by atoms with Gasteiger partial charge in [-0.3, -0.25) is 4.90 Å². The molecule has 2 aromatic rings. The maximum Gasteiger partial charge on any atom is 0.0936 e. The van der Waals surface area contributed by atoms with Gasteiger partial charge in [0.15, 0.2) is 0 Å². The number of likely N-dealkylation sites (N-methyl/N-ethyl adjacent to an activating group) is 1. The Morgan fingerprint density at radius 1 is 1.15 bits per heavy atom. The first-order valence-electron chi connectivity index (χ1n) is 6.83.